The molecule has 35 heavy (non-hydrogen) atoms. The molecule has 2 N–H and O–H groups in total. The van der Waals surface area contributed by atoms with Gasteiger partial charge in [0.15, 0.2) is 0 Å². The Balaban J connectivity index is 1.49. The zero-order valence-corrected chi connectivity index (χ0v) is 18.3. The lowest BCUT2D eigenvalue weighted by atomic mass is 10.2. The maximum Gasteiger partial charge on any atom is 0.206 e. The van der Waals surface area contributed by atoms with E-state index in [1.54, 1.807) is 12.1 Å². The molecule has 1 aromatic heterocycles. The highest BCUT2D eigenvalue weighted by atomic mass is 16.3. The Bertz CT molecular complexity index is 1700. The molecule has 0 atom stereocenters. The van der Waals surface area contributed by atoms with Crippen LogP contribution >= 0.6 is 0 Å². The van der Waals surface area contributed by atoms with Gasteiger partial charge in [0.25, 0.3) is 0 Å². The van der Waals surface area contributed by atoms with Crippen LogP contribution in [0.1, 0.15) is 0 Å². The summed E-state index contributed by atoms with van der Waals surface area (Å²) >= 11 is 0. The van der Waals surface area contributed by atoms with Crippen LogP contribution in [0.15, 0.2) is 134 Å². The van der Waals surface area contributed by atoms with Gasteiger partial charge in [-0.2, -0.15) is 0 Å². The lowest BCUT2D eigenvalue weighted by Crippen LogP contribution is -2.07. The molecule has 7 nitrogen and oxygen atoms in total. The lowest BCUT2D eigenvalue weighted by molar-refractivity contribution is 0.410. The Kier molecular flexibility index (Phi) is 4.01. The fourth-order valence-corrected chi connectivity index (χ4v) is 4.53. The Morgan fingerprint density at radius 3 is 1.69 bits per heavy atom. The van der Waals surface area contributed by atoms with E-state index in [0.717, 1.165) is 22.8 Å². The molecule has 2 aromatic rings. The van der Waals surface area contributed by atoms with E-state index in [1.807, 2.05) is 79.0 Å². The summed E-state index contributed by atoms with van der Waals surface area (Å²) < 4.78 is 1.40. The summed E-state index contributed by atoms with van der Waals surface area (Å²) in [6, 6.07) is 7.16. The maximum atomic E-state index is 11.1. The van der Waals surface area contributed by atoms with Crippen LogP contribution in [-0.4, -0.2) is 37.6 Å². The van der Waals surface area contributed by atoms with Gasteiger partial charge in [0.1, 0.15) is 5.70 Å². The van der Waals surface area contributed by atoms with Crippen LogP contribution in [0.2, 0.25) is 0 Å². The largest absolute Gasteiger partial charge is 0.494 e. The smallest absolute Gasteiger partial charge is 0.206 e. The summed E-state index contributed by atoms with van der Waals surface area (Å²) in [4.78, 5) is 18.9. The van der Waals surface area contributed by atoms with Crippen molar-refractivity contribution in [3.8, 4) is 11.8 Å². The minimum absolute atomic E-state index is 0.0789. The molecule has 5 aliphatic rings. The van der Waals surface area contributed by atoms with Crippen LogP contribution in [0.25, 0.3) is 16.5 Å². The van der Waals surface area contributed by atoms with Gasteiger partial charge in [0, 0.05) is 10.8 Å². The molecular formula is C28H17N5O2. The van der Waals surface area contributed by atoms with Crippen molar-refractivity contribution in [1.29, 1.82) is 0 Å². The molecule has 7 heteroatoms. The van der Waals surface area contributed by atoms with Crippen molar-refractivity contribution in [1.82, 2.24) is 4.57 Å². The third-order valence-corrected chi connectivity index (χ3v) is 6.12. The van der Waals surface area contributed by atoms with E-state index in [2.05, 4.69) is 9.98 Å². The SMILES string of the molecule is Oc1c2ccccc2c(O)n1C1=C2C=CC(=N2)C=C2C=CC(=N2)C=C2C=CC(=N2)C=C2C=CC1=N2. The molecule has 8 bridgehead atoms. The molecule has 0 amide bonds. The number of rotatable bonds is 1. The van der Waals surface area contributed by atoms with Gasteiger partial charge in [-0.3, -0.25) is 0 Å². The van der Waals surface area contributed by atoms with Gasteiger partial charge >= 0.3 is 0 Å². The standard InChI is InChI=1S/C28H17N5O2/c34-27-22-3-1-2-4-23(22)28(35)33(27)26-24-11-9-20(31-24)14-18-7-5-16(29-18)13-17-6-8-19(30-17)15-21-10-12-25(26)32-21/h1-15,34-35H. The molecular weight excluding hydrogens is 438 g/mol. The highest BCUT2D eigenvalue weighted by molar-refractivity contribution is 6.29. The van der Waals surface area contributed by atoms with Gasteiger partial charge < -0.3 is 10.2 Å². The summed E-state index contributed by atoms with van der Waals surface area (Å²) in [6.45, 7) is 0. The van der Waals surface area contributed by atoms with Crippen LogP contribution < -0.4 is 0 Å². The van der Waals surface area contributed by atoms with Crippen molar-refractivity contribution >= 4 is 39.3 Å². The number of fused-ring (bicyclic) bond motifs is 5. The second-order valence-corrected chi connectivity index (χ2v) is 8.41. The average Bonchev–Trinajstić information content (AvgIpc) is 3.68. The molecule has 0 aliphatic carbocycles. The van der Waals surface area contributed by atoms with E-state index >= 15 is 0 Å². The first kappa shape index (κ1) is 19.4. The number of hydrogen-bond acceptors (Lipinski definition) is 6. The highest BCUT2D eigenvalue weighted by Crippen LogP contribution is 2.41. The number of nitrogens with zero attached hydrogens (tertiary/aromatic N) is 5. The zero-order valence-electron chi connectivity index (χ0n) is 18.3. The van der Waals surface area contributed by atoms with E-state index < -0.39 is 0 Å². The van der Waals surface area contributed by atoms with Crippen LogP contribution in [0.5, 0.6) is 11.8 Å². The lowest BCUT2D eigenvalue weighted by Gasteiger charge is -2.12. The van der Waals surface area contributed by atoms with Crippen LogP contribution in [0.3, 0.4) is 0 Å². The molecule has 5 aliphatic heterocycles. The van der Waals surface area contributed by atoms with Crippen molar-refractivity contribution in [3.63, 3.8) is 0 Å². The summed E-state index contributed by atoms with van der Waals surface area (Å²) in [7, 11) is 0. The predicted octanol–water partition coefficient (Wildman–Crippen LogP) is 4.93. The monoisotopic (exact) mass is 455 g/mol. The van der Waals surface area contributed by atoms with Gasteiger partial charge in [0.05, 0.1) is 45.6 Å². The topological polar surface area (TPSA) is 94.8 Å². The van der Waals surface area contributed by atoms with Crippen molar-refractivity contribution in [2.75, 3.05) is 0 Å². The molecule has 7 rings (SSSR count). The van der Waals surface area contributed by atoms with Crippen LogP contribution in [-0.2, 0) is 0 Å². The second-order valence-electron chi connectivity index (χ2n) is 8.41. The third kappa shape index (κ3) is 3.13. The van der Waals surface area contributed by atoms with Gasteiger partial charge in [-0.15, -0.1) is 0 Å². The van der Waals surface area contributed by atoms with Crippen LogP contribution in [0.4, 0.5) is 0 Å². The van der Waals surface area contributed by atoms with Crippen molar-refractivity contribution in [2.45, 2.75) is 0 Å². The molecule has 0 radical (unpaired) electrons. The van der Waals surface area contributed by atoms with E-state index in [4.69, 9.17) is 9.98 Å². The Hall–Kier alpha value is -5.04. The normalized spacial score (nSPS) is 19.7. The van der Waals surface area contributed by atoms with E-state index in [0.29, 0.717) is 39.3 Å². The Morgan fingerprint density at radius 2 is 1.06 bits per heavy atom. The first-order chi connectivity index (χ1) is 17.1. The molecule has 0 fully saturated rings. The molecule has 1 aromatic carbocycles. The minimum atomic E-state index is -0.0789. The van der Waals surface area contributed by atoms with Crippen LogP contribution in [0, 0.1) is 0 Å². The van der Waals surface area contributed by atoms with E-state index in [9.17, 15) is 10.2 Å². The molecule has 0 saturated heterocycles. The first-order valence-corrected chi connectivity index (χ1v) is 11.1. The Labute approximate surface area is 199 Å². The number of hydrogen-bond donors (Lipinski definition) is 2. The molecule has 0 unspecified atom stereocenters. The van der Waals surface area contributed by atoms with Gasteiger partial charge in [0.2, 0.25) is 11.8 Å². The van der Waals surface area contributed by atoms with Crippen molar-refractivity contribution < 1.29 is 10.2 Å². The first-order valence-electron chi connectivity index (χ1n) is 11.1. The summed E-state index contributed by atoms with van der Waals surface area (Å²) in [5, 5.41) is 23.3. The second kappa shape index (κ2) is 7.23. The summed E-state index contributed by atoms with van der Waals surface area (Å²) in [5.74, 6) is -0.158. The molecule has 0 saturated carbocycles. The highest BCUT2D eigenvalue weighted by Gasteiger charge is 2.26. The minimum Gasteiger partial charge on any atom is -0.494 e. The van der Waals surface area contributed by atoms with Crippen molar-refractivity contribution in [2.24, 2.45) is 20.0 Å². The number of benzene rings is 1. The van der Waals surface area contributed by atoms with E-state index in [-0.39, 0.29) is 11.8 Å². The predicted molar refractivity (Wildman–Crippen MR) is 139 cm³/mol. The maximum absolute atomic E-state index is 11.1. The molecule has 166 valence electrons. The van der Waals surface area contributed by atoms with E-state index in [1.165, 1.54) is 4.57 Å². The number of aliphatic imine (C=N–C) groups is 4. The van der Waals surface area contributed by atoms with Gasteiger partial charge in [-0.05, 0) is 79.0 Å². The van der Waals surface area contributed by atoms with Crippen molar-refractivity contribution in [3.05, 3.63) is 114 Å². The fourth-order valence-electron chi connectivity index (χ4n) is 4.53. The average molecular weight is 455 g/mol. The molecule has 0 spiro atoms. The Morgan fingerprint density at radius 1 is 0.543 bits per heavy atom. The molecule has 6 heterocycles. The summed E-state index contributed by atoms with van der Waals surface area (Å²) in [5.41, 5.74) is 6.19. The number of aromatic nitrogens is 1. The van der Waals surface area contributed by atoms with Gasteiger partial charge in [-0.1, -0.05) is 12.1 Å². The summed E-state index contributed by atoms with van der Waals surface area (Å²) in [6.07, 6.45) is 20.9. The third-order valence-electron chi connectivity index (χ3n) is 6.12. The number of aromatic hydroxyl groups is 2. The number of allylic oxidation sites excluding steroid dienone is 12. The fraction of sp³-hybridized carbons (Fsp3) is 0. The zero-order chi connectivity index (χ0) is 23.5. The quantitative estimate of drug-likeness (QED) is 0.638. The van der Waals surface area contributed by atoms with Gasteiger partial charge in [-0.25, -0.2) is 24.5 Å².